The molecule has 0 aromatic rings. The van der Waals surface area contributed by atoms with E-state index in [1.165, 1.54) is 6.92 Å². The summed E-state index contributed by atoms with van der Waals surface area (Å²) in [6.07, 6.45) is 0.937. The van der Waals surface area contributed by atoms with Crippen LogP contribution in [0.2, 0.25) is 0 Å². The Morgan fingerprint density at radius 1 is 0.957 bits per heavy atom. The highest BCUT2D eigenvalue weighted by Crippen LogP contribution is 2.03. The molecule has 8 heteroatoms. The molecule has 0 aromatic heterocycles. The Hall–Kier alpha value is -2.38. The van der Waals surface area contributed by atoms with Crippen LogP contribution in [0.15, 0.2) is 12.2 Å². The lowest BCUT2D eigenvalue weighted by molar-refractivity contribution is -0.157. The molecule has 0 heterocycles. The molecule has 0 saturated heterocycles. The minimum atomic E-state index is -1.27. The first kappa shape index (κ1) is 20.6. The van der Waals surface area contributed by atoms with Crippen LogP contribution in [0.1, 0.15) is 40.0 Å². The summed E-state index contributed by atoms with van der Waals surface area (Å²) in [5.74, 6) is -3.22. The van der Waals surface area contributed by atoms with E-state index in [-0.39, 0.29) is 25.6 Å². The molecular weight excluding hydrogens is 308 g/mol. The van der Waals surface area contributed by atoms with Crippen LogP contribution in [-0.4, -0.2) is 47.8 Å². The molecule has 8 nitrogen and oxygen atoms in total. The molecule has 0 aliphatic rings. The van der Waals surface area contributed by atoms with Gasteiger partial charge in [-0.2, -0.15) is 0 Å². The van der Waals surface area contributed by atoms with E-state index < -0.39 is 30.0 Å². The van der Waals surface area contributed by atoms with Gasteiger partial charge in [0, 0.05) is 12.2 Å². The van der Waals surface area contributed by atoms with E-state index in [1.54, 1.807) is 6.92 Å². The molecule has 0 aliphatic carbocycles. The SMILES string of the molecule is CCC(C)OC(=O)CCC(=O)OCC(C)OC(=O)/C=C/C(=O)O. The van der Waals surface area contributed by atoms with Gasteiger partial charge in [-0.1, -0.05) is 6.92 Å². The van der Waals surface area contributed by atoms with Gasteiger partial charge in [0.25, 0.3) is 0 Å². The Bertz CT molecular complexity index is 454. The van der Waals surface area contributed by atoms with Crippen molar-refractivity contribution in [2.24, 2.45) is 0 Å². The Morgan fingerprint density at radius 2 is 1.57 bits per heavy atom. The lowest BCUT2D eigenvalue weighted by Crippen LogP contribution is -2.22. The lowest BCUT2D eigenvalue weighted by Gasteiger charge is -2.13. The molecule has 130 valence electrons. The molecule has 0 aliphatic heterocycles. The van der Waals surface area contributed by atoms with Crippen LogP contribution in [-0.2, 0) is 33.4 Å². The Balaban J connectivity index is 3.94. The van der Waals surface area contributed by atoms with Crippen molar-refractivity contribution in [3.63, 3.8) is 0 Å². The van der Waals surface area contributed by atoms with Gasteiger partial charge in [0.15, 0.2) is 0 Å². The predicted octanol–water partition coefficient (Wildman–Crippen LogP) is 1.22. The van der Waals surface area contributed by atoms with Crippen molar-refractivity contribution in [3.8, 4) is 0 Å². The number of hydrogen-bond donors (Lipinski definition) is 1. The Kier molecular flexibility index (Phi) is 10.1. The molecule has 2 atom stereocenters. The second kappa shape index (κ2) is 11.2. The third-order valence-electron chi connectivity index (χ3n) is 2.60. The third-order valence-corrected chi connectivity index (χ3v) is 2.60. The highest BCUT2D eigenvalue weighted by molar-refractivity contribution is 5.90. The summed E-state index contributed by atoms with van der Waals surface area (Å²) < 4.78 is 14.6. The quantitative estimate of drug-likeness (QED) is 0.361. The standard InChI is InChI=1S/C15H22O8/c1-4-10(2)22-15(20)8-7-13(18)21-9-11(3)23-14(19)6-5-12(16)17/h5-6,10-11H,4,7-9H2,1-3H3,(H,16,17)/b6-5+. The van der Waals surface area contributed by atoms with Crippen LogP contribution < -0.4 is 0 Å². The van der Waals surface area contributed by atoms with Gasteiger partial charge in [0.1, 0.15) is 12.7 Å². The first-order valence-electron chi connectivity index (χ1n) is 7.21. The first-order chi connectivity index (χ1) is 10.7. The van der Waals surface area contributed by atoms with Crippen LogP contribution in [0.25, 0.3) is 0 Å². The number of carbonyl (C=O) groups excluding carboxylic acids is 3. The average molecular weight is 330 g/mol. The molecule has 0 fully saturated rings. The molecular formula is C15H22O8. The molecule has 0 saturated carbocycles. The number of carboxylic acids is 1. The van der Waals surface area contributed by atoms with Gasteiger partial charge in [0.2, 0.25) is 0 Å². The Labute approximate surface area is 134 Å². The van der Waals surface area contributed by atoms with Gasteiger partial charge >= 0.3 is 23.9 Å². The average Bonchev–Trinajstić information content (AvgIpc) is 2.48. The maximum absolute atomic E-state index is 11.4. The van der Waals surface area contributed by atoms with E-state index in [0.29, 0.717) is 12.5 Å². The second-order valence-corrected chi connectivity index (χ2v) is 4.81. The van der Waals surface area contributed by atoms with Crippen LogP contribution >= 0.6 is 0 Å². The highest BCUT2D eigenvalue weighted by atomic mass is 16.6. The number of carboxylic acid groups (broad SMARTS) is 1. The van der Waals surface area contributed by atoms with Crippen molar-refractivity contribution < 1.29 is 38.5 Å². The normalized spacial score (nSPS) is 13.2. The minimum absolute atomic E-state index is 0.0846. The smallest absolute Gasteiger partial charge is 0.331 e. The van der Waals surface area contributed by atoms with Gasteiger partial charge in [0.05, 0.1) is 18.9 Å². The number of rotatable bonds is 10. The summed E-state index contributed by atoms with van der Waals surface area (Å²) in [7, 11) is 0. The minimum Gasteiger partial charge on any atom is -0.478 e. The molecule has 0 spiro atoms. The predicted molar refractivity (Wildman–Crippen MR) is 78.4 cm³/mol. The van der Waals surface area contributed by atoms with E-state index in [2.05, 4.69) is 0 Å². The van der Waals surface area contributed by atoms with Crippen molar-refractivity contribution in [1.29, 1.82) is 0 Å². The largest absolute Gasteiger partial charge is 0.478 e. The lowest BCUT2D eigenvalue weighted by atomic mass is 10.3. The number of esters is 3. The van der Waals surface area contributed by atoms with E-state index in [0.717, 1.165) is 6.08 Å². The fourth-order valence-corrected chi connectivity index (χ4v) is 1.26. The number of carbonyl (C=O) groups is 4. The summed E-state index contributed by atoms with van der Waals surface area (Å²) in [5.41, 5.74) is 0. The van der Waals surface area contributed by atoms with Crippen molar-refractivity contribution in [1.82, 2.24) is 0 Å². The zero-order valence-corrected chi connectivity index (χ0v) is 13.4. The van der Waals surface area contributed by atoms with Crippen LogP contribution in [0, 0.1) is 0 Å². The third kappa shape index (κ3) is 11.9. The topological polar surface area (TPSA) is 116 Å². The van der Waals surface area contributed by atoms with E-state index in [1.807, 2.05) is 6.92 Å². The van der Waals surface area contributed by atoms with Crippen molar-refractivity contribution in [2.45, 2.75) is 52.2 Å². The van der Waals surface area contributed by atoms with Crippen molar-refractivity contribution >= 4 is 23.9 Å². The van der Waals surface area contributed by atoms with Gasteiger partial charge in [-0.25, -0.2) is 9.59 Å². The maximum atomic E-state index is 11.4. The highest BCUT2D eigenvalue weighted by Gasteiger charge is 2.14. The molecule has 23 heavy (non-hydrogen) atoms. The fourth-order valence-electron chi connectivity index (χ4n) is 1.26. The van der Waals surface area contributed by atoms with E-state index >= 15 is 0 Å². The zero-order valence-electron chi connectivity index (χ0n) is 13.4. The summed E-state index contributed by atoms with van der Waals surface area (Å²) in [4.78, 5) is 44.2. The summed E-state index contributed by atoms with van der Waals surface area (Å²) in [5, 5.41) is 8.35. The van der Waals surface area contributed by atoms with Crippen LogP contribution in [0.3, 0.4) is 0 Å². The second-order valence-electron chi connectivity index (χ2n) is 4.81. The summed E-state index contributed by atoms with van der Waals surface area (Å²) >= 11 is 0. The molecule has 0 rings (SSSR count). The monoisotopic (exact) mass is 330 g/mol. The molecule has 1 N–H and O–H groups in total. The van der Waals surface area contributed by atoms with Crippen LogP contribution in [0.5, 0.6) is 0 Å². The summed E-state index contributed by atoms with van der Waals surface area (Å²) in [6, 6.07) is 0. The molecule has 2 unspecified atom stereocenters. The molecule has 0 amide bonds. The van der Waals surface area contributed by atoms with Crippen molar-refractivity contribution in [3.05, 3.63) is 12.2 Å². The number of aliphatic carboxylic acids is 1. The maximum Gasteiger partial charge on any atom is 0.331 e. The Morgan fingerprint density at radius 3 is 2.13 bits per heavy atom. The van der Waals surface area contributed by atoms with Gasteiger partial charge in [-0.3, -0.25) is 9.59 Å². The first-order valence-corrected chi connectivity index (χ1v) is 7.21. The van der Waals surface area contributed by atoms with E-state index in [9.17, 15) is 19.2 Å². The van der Waals surface area contributed by atoms with Crippen LogP contribution in [0.4, 0.5) is 0 Å². The van der Waals surface area contributed by atoms with Gasteiger partial charge in [-0.05, 0) is 20.3 Å². The molecule has 0 bridgehead atoms. The van der Waals surface area contributed by atoms with Crippen molar-refractivity contribution in [2.75, 3.05) is 6.61 Å². The number of ether oxygens (including phenoxy) is 3. The molecule has 0 radical (unpaired) electrons. The van der Waals surface area contributed by atoms with Gasteiger partial charge < -0.3 is 19.3 Å². The summed E-state index contributed by atoms with van der Waals surface area (Å²) in [6.45, 7) is 4.93. The number of hydrogen-bond acceptors (Lipinski definition) is 7. The molecule has 0 aromatic carbocycles. The van der Waals surface area contributed by atoms with Gasteiger partial charge in [-0.15, -0.1) is 0 Å². The zero-order chi connectivity index (χ0) is 17.8. The van der Waals surface area contributed by atoms with E-state index in [4.69, 9.17) is 19.3 Å². The fraction of sp³-hybridized carbons (Fsp3) is 0.600.